The summed E-state index contributed by atoms with van der Waals surface area (Å²) in [5.74, 6) is 0.376. The first-order chi connectivity index (χ1) is 7.99. The zero-order valence-electron chi connectivity index (χ0n) is 10.4. The largest absolute Gasteiger partial charge is 0.363 e. The van der Waals surface area contributed by atoms with Crippen LogP contribution in [-0.4, -0.2) is 53.3 Å². The van der Waals surface area contributed by atoms with Crippen molar-refractivity contribution in [3.05, 3.63) is 11.8 Å². The highest BCUT2D eigenvalue weighted by Gasteiger charge is 2.38. The number of H-pyrrole nitrogens is 1. The maximum absolute atomic E-state index is 12.1. The van der Waals surface area contributed by atoms with Crippen molar-refractivity contribution >= 4 is 11.7 Å². The zero-order valence-corrected chi connectivity index (χ0v) is 10.4. The lowest BCUT2D eigenvalue weighted by molar-refractivity contribution is -0.149. The van der Waals surface area contributed by atoms with Crippen molar-refractivity contribution in [1.82, 2.24) is 15.1 Å². The number of aromatic amines is 1. The second-order valence-electron chi connectivity index (χ2n) is 4.71. The van der Waals surface area contributed by atoms with E-state index >= 15 is 0 Å². The Morgan fingerprint density at radius 3 is 3.06 bits per heavy atom. The van der Waals surface area contributed by atoms with Crippen molar-refractivity contribution in [2.24, 2.45) is 0 Å². The third-order valence-electron chi connectivity index (χ3n) is 2.89. The monoisotopic (exact) mass is 238 g/mol. The summed E-state index contributed by atoms with van der Waals surface area (Å²) >= 11 is 0. The van der Waals surface area contributed by atoms with Gasteiger partial charge in [-0.05, 0) is 20.9 Å². The van der Waals surface area contributed by atoms with Gasteiger partial charge in [0.2, 0.25) is 0 Å². The van der Waals surface area contributed by atoms with Crippen molar-refractivity contribution in [2.75, 3.05) is 32.1 Å². The molecule has 1 aromatic rings. The number of aryl methyl sites for hydroxylation is 1. The van der Waals surface area contributed by atoms with E-state index in [0.717, 1.165) is 12.2 Å². The van der Waals surface area contributed by atoms with E-state index in [9.17, 15) is 4.79 Å². The number of hydrogen-bond donors (Lipinski definition) is 2. The average molecular weight is 238 g/mol. The summed E-state index contributed by atoms with van der Waals surface area (Å²) in [7, 11) is 1.98. The van der Waals surface area contributed by atoms with Crippen molar-refractivity contribution in [1.29, 1.82) is 0 Å². The minimum atomic E-state index is -0.806. The number of anilines is 1. The van der Waals surface area contributed by atoms with Crippen LogP contribution < -0.4 is 5.32 Å². The standard InChI is InChI=1S/C11H18N4O2/c1-8-6-9(14-13-8)12-10(16)11(2)7-15(3)4-5-17-11/h6H,4-5,7H2,1-3H3,(H2,12,13,14,16)/t11-/m1/s1. The Morgan fingerprint density at radius 1 is 1.71 bits per heavy atom. The maximum Gasteiger partial charge on any atom is 0.258 e. The third-order valence-corrected chi connectivity index (χ3v) is 2.89. The molecule has 0 radical (unpaired) electrons. The molecular weight excluding hydrogens is 220 g/mol. The third kappa shape index (κ3) is 2.65. The number of hydrogen-bond acceptors (Lipinski definition) is 4. The lowest BCUT2D eigenvalue weighted by atomic mass is 10.0. The highest BCUT2D eigenvalue weighted by atomic mass is 16.5. The quantitative estimate of drug-likeness (QED) is 0.781. The van der Waals surface area contributed by atoms with Crippen molar-refractivity contribution < 1.29 is 9.53 Å². The smallest absolute Gasteiger partial charge is 0.258 e. The van der Waals surface area contributed by atoms with E-state index in [2.05, 4.69) is 20.4 Å². The molecule has 0 aromatic carbocycles. The van der Waals surface area contributed by atoms with Crippen molar-refractivity contribution in [3.63, 3.8) is 0 Å². The number of nitrogens with one attached hydrogen (secondary N) is 2. The molecule has 1 aliphatic heterocycles. The van der Waals surface area contributed by atoms with Crippen molar-refractivity contribution in [2.45, 2.75) is 19.4 Å². The topological polar surface area (TPSA) is 70.2 Å². The van der Waals surface area contributed by atoms with Gasteiger partial charge in [-0.2, -0.15) is 5.10 Å². The fraction of sp³-hybridized carbons (Fsp3) is 0.636. The van der Waals surface area contributed by atoms with Crippen LogP contribution in [-0.2, 0) is 9.53 Å². The average Bonchev–Trinajstić information content (AvgIpc) is 2.63. The van der Waals surface area contributed by atoms with Crippen LogP contribution in [0.3, 0.4) is 0 Å². The van der Waals surface area contributed by atoms with E-state index in [4.69, 9.17) is 4.74 Å². The van der Waals surface area contributed by atoms with Gasteiger partial charge in [-0.1, -0.05) is 0 Å². The number of ether oxygens (including phenoxy) is 1. The number of morpholine rings is 1. The Morgan fingerprint density at radius 2 is 2.47 bits per heavy atom. The Labute approximate surface area is 100 Å². The summed E-state index contributed by atoms with van der Waals surface area (Å²) in [4.78, 5) is 14.2. The predicted molar refractivity (Wildman–Crippen MR) is 63.8 cm³/mol. The normalized spacial score (nSPS) is 25.8. The van der Waals surface area contributed by atoms with Gasteiger partial charge in [0.05, 0.1) is 6.61 Å². The van der Waals surface area contributed by atoms with Crippen LogP contribution in [0.5, 0.6) is 0 Å². The SMILES string of the molecule is Cc1cc(NC(=O)[C@@]2(C)CN(C)CCO2)n[nH]1. The molecule has 2 N–H and O–H groups in total. The Hall–Kier alpha value is -1.40. The lowest BCUT2D eigenvalue weighted by Gasteiger charge is -2.37. The van der Waals surface area contributed by atoms with Gasteiger partial charge >= 0.3 is 0 Å². The molecular formula is C11H18N4O2. The molecule has 2 heterocycles. The summed E-state index contributed by atoms with van der Waals surface area (Å²) in [6, 6.07) is 1.79. The molecule has 1 amide bonds. The van der Waals surface area contributed by atoms with Crippen LogP contribution >= 0.6 is 0 Å². The molecule has 0 unspecified atom stereocenters. The molecule has 0 saturated carbocycles. The van der Waals surface area contributed by atoms with Crippen LogP contribution in [0.2, 0.25) is 0 Å². The second-order valence-corrected chi connectivity index (χ2v) is 4.71. The number of carbonyl (C=O) groups is 1. The fourth-order valence-electron chi connectivity index (χ4n) is 1.93. The molecule has 1 fully saturated rings. The van der Waals surface area contributed by atoms with Gasteiger partial charge < -0.3 is 15.0 Å². The van der Waals surface area contributed by atoms with Gasteiger partial charge in [0.25, 0.3) is 5.91 Å². The van der Waals surface area contributed by atoms with E-state index in [1.54, 1.807) is 13.0 Å². The van der Waals surface area contributed by atoms with Crippen LogP contribution in [0.1, 0.15) is 12.6 Å². The number of nitrogens with zero attached hydrogens (tertiary/aromatic N) is 2. The molecule has 1 aliphatic rings. The van der Waals surface area contributed by atoms with E-state index in [0.29, 0.717) is 19.0 Å². The van der Waals surface area contributed by atoms with E-state index < -0.39 is 5.60 Å². The first kappa shape index (κ1) is 12.1. The fourth-order valence-corrected chi connectivity index (χ4v) is 1.93. The maximum atomic E-state index is 12.1. The lowest BCUT2D eigenvalue weighted by Crippen LogP contribution is -2.55. The minimum Gasteiger partial charge on any atom is -0.363 e. The van der Waals surface area contributed by atoms with Crippen molar-refractivity contribution in [3.8, 4) is 0 Å². The molecule has 17 heavy (non-hydrogen) atoms. The highest BCUT2D eigenvalue weighted by molar-refractivity contribution is 5.96. The molecule has 1 saturated heterocycles. The summed E-state index contributed by atoms with van der Waals surface area (Å²) in [6.45, 7) is 5.69. The second kappa shape index (κ2) is 4.46. The van der Waals surface area contributed by atoms with Gasteiger partial charge in [0.1, 0.15) is 0 Å². The molecule has 6 heteroatoms. The minimum absolute atomic E-state index is 0.157. The Kier molecular flexibility index (Phi) is 3.17. The number of rotatable bonds is 2. The van der Waals surface area contributed by atoms with Gasteiger partial charge in [0.15, 0.2) is 11.4 Å². The first-order valence-electron chi connectivity index (χ1n) is 5.65. The summed E-state index contributed by atoms with van der Waals surface area (Å²) < 4.78 is 5.58. The van der Waals surface area contributed by atoms with Crippen LogP contribution in [0.15, 0.2) is 6.07 Å². The molecule has 1 aromatic heterocycles. The zero-order chi connectivity index (χ0) is 12.5. The Balaban J connectivity index is 2.03. The van der Waals surface area contributed by atoms with Gasteiger partial charge in [-0.25, -0.2) is 0 Å². The summed E-state index contributed by atoms with van der Waals surface area (Å²) in [6.07, 6.45) is 0. The molecule has 6 nitrogen and oxygen atoms in total. The molecule has 2 rings (SSSR count). The van der Waals surface area contributed by atoms with E-state index in [1.807, 2.05) is 14.0 Å². The van der Waals surface area contributed by atoms with Gasteiger partial charge in [-0.15, -0.1) is 0 Å². The van der Waals surface area contributed by atoms with Crippen LogP contribution in [0.25, 0.3) is 0 Å². The van der Waals surface area contributed by atoms with Gasteiger partial charge in [-0.3, -0.25) is 9.89 Å². The van der Waals surface area contributed by atoms with E-state index in [1.165, 1.54) is 0 Å². The summed E-state index contributed by atoms with van der Waals surface area (Å²) in [5, 5.41) is 9.52. The highest BCUT2D eigenvalue weighted by Crippen LogP contribution is 2.18. The predicted octanol–water partition coefficient (Wildman–Crippen LogP) is 0.377. The first-order valence-corrected chi connectivity index (χ1v) is 5.65. The Bertz CT molecular complexity index is 417. The number of likely N-dealkylation sites (N-methyl/N-ethyl adjacent to an activating group) is 1. The van der Waals surface area contributed by atoms with Gasteiger partial charge in [0, 0.05) is 24.8 Å². The molecule has 94 valence electrons. The summed E-state index contributed by atoms with van der Waals surface area (Å²) in [5.41, 5.74) is 0.104. The number of aromatic nitrogens is 2. The molecule has 1 atom stereocenters. The molecule has 0 aliphatic carbocycles. The van der Waals surface area contributed by atoms with E-state index in [-0.39, 0.29) is 5.91 Å². The number of carbonyl (C=O) groups excluding carboxylic acids is 1. The molecule has 0 spiro atoms. The van der Waals surface area contributed by atoms with Crippen LogP contribution in [0.4, 0.5) is 5.82 Å². The molecule has 0 bridgehead atoms. The van der Waals surface area contributed by atoms with Crippen LogP contribution in [0, 0.1) is 6.92 Å². The number of amides is 1.